The summed E-state index contributed by atoms with van der Waals surface area (Å²) in [5.74, 6) is 5.04. The smallest absolute Gasteiger partial charge is 0.282 e. The van der Waals surface area contributed by atoms with Crippen LogP contribution in [0.25, 0.3) is 44.4 Å². The first-order valence-corrected chi connectivity index (χ1v) is 27.6. The topological polar surface area (TPSA) is 271 Å². The second-order valence-corrected chi connectivity index (χ2v) is 25.2. The molecule has 1 saturated carbocycles. The van der Waals surface area contributed by atoms with Crippen LogP contribution in [0, 0.1) is 62.5 Å². The van der Waals surface area contributed by atoms with Crippen molar-refractivity contribution < 1.29 is 34.3 Å². The molecule has 6 aliphatic rings. The van der Waals surface area contributed by atoms with E-state index in [0.717, 1.165) is 96.0 Å². The lowest BCUT2D eigenvalue weighted by Crippen LogP contribution is -2.56. The van der Waals surface area contributed by atoms with E-state index in [1.165, 1.54) is 25.6 Å². The SMILES string of the molecule is C.CNO.Cc1noc(-c2c3c(nn2C)[C@@]2(C)Cc4cnoc4C(C)(C)[C@@H]2CC3)n1.[3H]C.[C-]#[N+]C1=C[C@]2(C)c3nn(C)c(-c4nc(C)no4)c3CC[C@H]2C(C)(C)C1=O.[C-]#[N+]C1C[C@]2(C)c3nn(C)c(-c4nc(C)no4)c3CC[C@H]2C(C)(C)C1=O. The van der Waals surface area contributed by atoms with Crippen molar-refractivity contribution in [3.63, 3.8) is 0 Å². The number of Topliss-reactive ketones (excluding diaryl/α,β-unsaturated/α-hetero) is 2. The van der Waals surface area contributed by atoms with Gasteiger partial charge in [0.1, 0.15) is 22.8 Å². The maximum atomic E-state index is 12.8. The van der Waals surface area contributed by atoms with Crippen LogP contribution in [0.1, 0.15) is 167 Å². The molecule has 7 aromatic heterocycles. The van der Waals surface area contributed by atoms with Crippen molar-refractivity contribution in [3.8, 4) is 34.8 Å². The molecule has 1 unspecified atom stereocenters. The van der Waals surface area contributed by atoms with Crippen molar-refractivity contribution in [2.45, 2.75) is 177 Å². The predicted molar refractivity (Wildman–Crippen MR) is 306 cm³/mol. The lowest BCUT2D eigenvalue weighted by Gasteiger charge is -2.51. The standard InChI is InChI=1S/2C19H23N5O2.C19H21N5O2.CH5NO.2CH4/c1-10-21-17(26-23-10)14-12-6-7-13-18(2,3)16-11(9-20-25-16)8-19(13,4)15(12)22-24(14)5;2*1-10-21-17(26-23-10)14-11-7-8-13-18(2,3)16(25)12(20-5)9-19(13,4)15(11)22-24(14)6;1-2-3;;/h9,13H,6-8H2,1-5H3;12-13H,7-9H2,1-4,6H3;9,13H,7-8H2,1-4,6H3;2-3H,1H3;2*1H4/t13-,19-;12?,13-,19-;13-,19-;;;/m000.../s1/i;;;;1T;. The minimum Gasteiger partial charge on any atom is -0.361 e. The predicted octanol–water partition coefficient (Wildman–Crippen LogP) is 9.88. The third-order valence-corrected chi connectivity index (χ3v) is 19.0. The number of fused-ring (bicyclic) bond motifs is 10. The zero-order chi connectivity index (χ0) is 60.7. The van der Waals surface area contributed by atoms with Gasteiger partial charge in [-0.3, -0.25) is 18.8 Å². The molecule has 0 saturated heterocycles. The monoisotopic (exact) mass is 1140 g/mol. The number of ketones is 2. The lowest BCUT2D eigenvalue weighted by atomic mass is 9.50. The second kappa shape index (κ2) is 21.5. The van der Waals surface area contributed by atoms with Crippen molar-refractivity contribution >= 4 is 11.6 Å². The summed E-state index contributed by atoms with van der Waals surface area (Å²) in [6, 6.07) is -0.603. The average molecular weight is 1140 g/mol. The van der Waals surface area contributed by atoms with Gasteiger partial charge in [0.05, 0.1) is 29.9 Å². The van der Waals surface area contributed by atoms with Crippen molar-refractivity contribution in [2.24, 2.45) is 49.7 Å². The summed E-state index contributed by atoms with van der Waals surface area (Å²) in [7, 11) is 8.39. The third kappa shape index (κ3) is 9.38. The van der Waals surface area contributed by atoms with Crippen LogP contribution in [0.3, 0.4) is 0 Å². The largest absolute Gasteiger partial charge is 0.361 e. The number of hydroxylamine groups is 1. The molecule has 2 N–H and O–H groups in total. The molecule has 442 valence electrons. The van der Waals surface area contributed by atoms with Gasteiger partial charge in [-0.15, -0.1) is 0 Å². The molecule has 0 amide bonds. The van der Waals surface area contributed by atoms with Crippen LogP contribution in [0.15, 0.2) is 36.1 Å². The average Bonchev–Trinajstić information content (AvgIpc) is 1.43. The molecular weight excluding hydrogens is 1060 g/mol. The van der Waals surface area contributed by atoms with E-state index in [1.54, 1.807) is 24.0 Å². The highest BCUT2D eigenvalue weighted by Gasteiger charge is 2.62. The summed E-state index contributed by atoms with van der Waals surface area (Å²) in [6.07, 6.45) is 10.5. The Morgan fingerprint density at radius 2 is 1.07 bits per heavy atom. The Labute approximate surface area is 486 Å². The number of nitrogens with one attached hydrogen (secondary N) is 1. The first kappa shape index (κ1) is 59.8. The van der Waals surface area contributed by atoms with Crippen LogP contribution in [0.5, 0.6) is 0 Å². The van der Waals surface area contributed by atoms with Gasteiger partial charge < -0.3 is 32.9 Å². The molecule has 23 nitrogen and oxygen atoms in total. The van der Waals surface area contributed by atoms with Crippen molar-refractivity contribution in [1.29, 1.82) is 0 Å². The number of nitrogens with zero attached hydrogens (tertiary/aromatic N) is 15. The van der Waals surface area contributed by atoms with E-state index < -0.39 is 22.3 Å². The molecule has 7 aromatic rings. The molecule has 6 aliphatic carbocycles. The molecule has 83 heavy (non-hydrogen) atoms. The first-order chi connectivity index (χ1) is 39.1. The van der Waals surface area contributed by atoms with Crippen LogP contribution in [0.2, 0.25) is 0 Å². The van der Waals surface area contributed by atoms with E-state index in [1.807, 2.05) is 77.4 Å². The van der Waals surface area contributed by atoms with Gasteiger partial charge in [0.25, 0.3) is 23.7 Å². The molecule has 0 bridgehead atoms. The van der Waals surface area contributed by atoms with Crippen molar-refractivity contribution in [2.75, 3.05) is 7.05 Å². The van der Waals surface area contributed by atoms with Crippen LogP contribution in [0.4, 0.5) is 0 Å². The maximum absolute atomic E-state index is 12.8. The zero-order valence-corrected chi connectivity index (χ0v) is 50.2. The number of allylic oxidation sites excluding steroid dienone is 2. The summed E-state index contributed by atoms with van der Waals surface area (Å²) in [6.45, 7) is 39.4. The molecule has 0 aromatic carbocycles. The fourth-order valence-corrected chi connectivity index (χ4v) is 15.7. The molecule has 23 heteroatoms. The van der Waals surface area contributed by atoms with Crippen LogP contribution >= 0.6 is 0 Å². The van der Waals surface area contributed by atoms with Gasteiger partial charge in [0.2, 0.25) is 11.5 Å². The highest BCUT2D eigenvalue weighted by molar-refractivity contribution is 6.02. The minimum atomic E-state index is -0.603. The molecule has 0 spiro atoms. The highest BCUT2D eigenvalue weighted by Crippen LogP contribution is 2.59. The molecule has 13 rings (SSSR count). The van der Waals surface area contributed by atoms with Crippen molar-refractivity contribution in [1.82, 2.24) is 70.4 Å². The quantitative estimate of drug-likeness (QED) is 0.123. The van der Waals surface area contributed by atoms with E-state index in [2.05, 4.69) is 79.9 Å². The van der Waals surface area contributed by atoms with Gasteiger partial charge in [-0.2, -0.15) is 30.2 Å². The normalized spacial score (nSPS) is 26.2. The van der Waals surface area contributed by atoms with E-state index in [9.17, 15) is 9.59 Å². The Morgan fingerprint density at radius 1 is 0.651 bits per heavy atom. The zero-order valence-electron chi connectivity index (χ0n) is 51.2. The molecule has 7 atom stereocenters. The van der Waals surface area contributed by atoms with E-state index >= 15 is 0 Å². The molecule has 0 aliphatic heterocycles. The summed E-state index contributed by atoms with van der Waals surface area (Å²) in [4.78, 5) is 45.9. The summed E-state index contributed by atoms with van der Waals surface area (Å²) < 4.78 is 33.1. The lowest BCUT2D eigenvalue weighted by molar-refractivity contribution is -0.137. The Hall–Kier alpha value is -7.76. The van der Waals surface area contributed by atoms with Gasteiger partial charge in [0, 0.05) is 90.7 Å². The number of carbonyl (C=O) groups is 2. The molecule has 0 radical (unpaired) electrons. The summed E-state index contributed by atoms with van der Waals surface area (Å²) in [5.41, 5.74) is 10.2. The number of rotatable bonds is 3. The Kier molecular flexibility index (Phi) is 15.5. The van der Waals surface area contributed by atoms with Gasteiger partial charge in [0.15, 0.2) is 23.3 Å². The molecular formula is C60H80N16O7. The Morgan fingerprint density at radius 3 is 1.51 bits per heavy atom. The fraction of sp³-hybridized carbons (Fsp3) is 0.600. The van der Waals surface area contributed by atoms with Gasteiger partial charge in [-0.1, -0.05) is 104 Å². The van der Waals surface area contributed by atoms with Gasteiger partial charge in [-0.05, 0) is 83.5 Å². The summed E-state index contributed by atoms with van der Waals surface area (Å²) >= 11 is 0. The van der Waals surface area contributed by atoms with Crippen molar-refractivity contribution in [3.05, 3.63) is 103 Å². The third-order valence-electron chi connectivity index (χ3n) is 19.0. The fourth-order valence-electron chi connectivity index (χ4n) is 15.7. The molecule has 1 fully saturated rings. The summed E-state index contributed by atoms with van der Waals surface area (Å²) in [5, 5.41) is 37.7. The second-order valence-electron chi connectivity index (χ2n) is 25.2. The Bertz CT molecular complexity index is 3760. The van der Waals surface area contributed by atoms with Gasteiger partial charge in [-0.25, -0.2) is 16.9 Å². The number of hydrogen-bond acceptors (Lipinski definition) is 18. The van der Waals surface area contributed by atoms with Crippen LogP contribution in [-0.4, -0.2) is 94.8 Å². The van der Waals surface area contributed by atoms with E-state index in [0.29, 0.717) is 47.5 Å². The number of aryl methyl sites for hydroxylation is 6. The highest BCUT2D eigenvalue weighted by atomic mass is 16.5. The number of aromatic nitrogens is 13. The van der Waals surface area contributed by atoms with Gasteiger partial charge >= 0.3 is 0 Å². The maximum Gasteiger partial charge on any atom is 0.282 e. The van der Waals surface area contributed by atoms with Crippen LogP contribution in [-0.2, 0) is 78.1 Å². The van der Waals surface area contributed by atoms with E-state index in [4.69, 9.17) is 53.1 Å². The minimum absolute atomic E-state index is 0. The first-order valence-electron chi connectivity index (χ1n) is 28.6. The number of hydrogen-bond donors (Lipinski definition) is 2. The Balaban J connectivity index is 0.000000157. The van der Waals surface area contributed by atoms with Crippen LogP contribution < -0.4 is 5.48 Å². The number of carbonyl (C=O) groups excluding carboxylic acids is 2. The van der Waals surface area contributed by atoms with E-state index in [-0.39, 0.29) is 52.8 Å². The molecule has 7 heterocycles.